The van der Waals surface area contributed by atoms with Gasteiger partial charge >= 0.3 is 8.60 Å². The smallest absolute Gasteiger partial charge is 0.460 e. The normalized spacial score (nSPS) is 11.3. The van der Waals surface area contributed by atoms with Crippen LogP contribution in [0.4, 0.5) is 0 Å². The summed E-state index contributed by atoms with van der Waals surface area (Å²) in [5.41, 5.74) is 8.17. The summed E-state index contributed by atoms with van der Waals surface area (Å²) in [6.07, 6.45) is 0. The molecule has 48 heavy (non-hydrogen) atoms. The van der Waals surface area contributed by atoms with Gasteiger partial charge in [0.1, 0.15) is 17.2 Å². The Balaban J connectivity index is 0.000000572. The lowest BCUT2D eigenvalue weighted by Crippen LogP contribution is -2.16. The maximum Gasteiger partial charge on any atom is 0.460 e. The Morgan fingerprint density at radius 3 is 1.31 bits per heavy atom. The minimum absolute atomic E-state index is 0.580. The third-order valence-electron chi connectivity index (χ3n) is 7.67. The van der Waals surface area contributed by atoms with Crippen LogP contribution < -0.4 is 24.2 Å². The highest BCUT2D eigenvalue weighted by Gasteiger charge is 2.25. The van der Waals surface area contributed by atoms with Gasteiger partial charge in [-0.15, -0.1) is 0 Å². The van der Waals surface area contributed by atoms with E-state index in [2.05, 4.69) is 88.4 Å². The fraction of sp³-hybridized carbons (Fsp3) is 0.143. The molecule has 0 aliphatic heterocycles. The summed E-state index contributed by atoms with van der Waals surface area (Å²) in [7, 11) is -3.38. The van der Waals surface area contributed by atoms with Crippen LogP contribution >= 0.6 is 16.8 Å². The highest BCUT2D eigenvalue weighted by molar-refractivity contribution is 7.68. The van der Waals surface area contributed by atoms with Crippen LogP contribution in [0.2, 0.25) is 0 Å². The van der Waals surface area contributed by atoms with Gasteiger partial charge in [0.25, 0.3) is 0 Å². The van der Waals surface area contributed by atoms with Crippen molar-refractivity contribution < 1.29 is 18.5 Å². The van der Waals surface area contributed by atoms with Crippen molar-refractivity contribution in [3.8, 4) is 28.4 Å². The van der Waals surface area contributed by atoms with E-state index in [1.165, 1.54) is 5.56 Å². The fourth-order valence-corrected chi connectivity index (χ4v) is 8.03. The van der Waals surface area contributed by atoms with E-state index in [0.717, 1.165) is 55.3 Å². The first-order chi connectivity index (χ1) is 23.2. The summed E-state index contributed by atoms with van der Waals surface area (Å²) in [5.74, 6) is 1.97. The predicted molar refractivity (Wildman–Crippen MR) is 203 cm³/mol. The topological polar surface area (TPSA) is 47.9 Å². The predicted octanol–water partition coefficient (Wildman–Crippen LogP) is 11.0. The van der Waals surface area contributed by atoms with Crippen molar-refractivity contribution in [2.75, 3.05) is 0 Å². The summed E-state index contributed by atoms with van der Waals surface area (Å²) < 4.78 is 19.1. The molecular formula is C42H42O4P2. The monoisotopic (exact) mass is 672 g/mol. The molecule has 0 spiro atoms. The van der Waals surface area contributed by atoms with Gasteiger partial charge in [0.05, 0.1) is 0 Å². The molecule has 0 radical (unpaired) electrons. The Morgan fingerprint density at radius 1 is 0.417 bits per heavy atom. The molecule has 0 fully saturated rings. The van der Waals surface area contributed by atoms with Crippen LogP contribution in [0.15, 0.2) is 140 Å². The lowest BCUT2D eigenvalue weighted by Gasteiger charge is -2.25. The minimum Gasteiger partial charge on any atom is -0.464 e. The second-order valence-corrected chi connectivity index (χ2v) is 14.5. The molecule has 6 rings (SSSR count). The molecule has 0 saturated carbocycles. The molecule has 0 aromatic heterocycles. The molecule has 6 heteroatoms. The number of hydrogen-bond acceptors (Lipinski definition) is 4. The Labute approximate surface area is 287 Å². The van der Waals surface area contributed by atoms with Crippen LogP contribution in [0.3, 0.4) is 0 Å². The molecule has 0 aliphatic carbocycles. The zero-order valence-corrected chi connectivity index (χ0v) is 30.1. The number of benzene rings is 6. The summed E-state index contributed by atoms with van der Waals surface area (Å²) >= 11 is 0. The van der Waals surface area contributed by atoms with Crippen molar-refractivity contribution in [3.63, 3.8) is 0 Å². The van der Waals surface area contributed by atoms with Crippen molar-refractivity contribution in [1.82, 2.24) is 0 Å². The molecule has 1 N–H and O–H groups in total. The highest BCUT2D eigenvalue weighted by atomic mass is 31.2. The minimum atomic E-state index is -2.23. The number of rotatable bonds is 9. The van der Waals surface area contributed by atoms with Crippen LogP contribution in [0.5, 0.6) is 17.2 Å². The van der Waals surface area contributed by atoms with Crippen LogP contribution in [-0.4, -0.2) is 4.89 Å². The Morgan fingerprint density at radius 2 is 0.854 bits per heavy atom. The zero-order valence-electron chi connectivity index (χ0n) is 28.3. The van der Waals surface area contributed by atoms with Crippen molar-refractivity contribution in [3.05, 3.63) is 173 Å². The van der Waals surface area contributed by atoms with Crippen LogP contribution in [0, 0.1) is 41.5 Å². The Kier molecular flexibility index (Phi) is 12.0. The number of hydrogen-bond donors (Lipinski definition) is 1. The molecule has 244 valence electrons. The van der Waals surface area contributed by atoms with Gasteiger partial charge in [-0.05, 0) is 87.6 Å². The zero-order chi connectivity index (χ0) is 34.0. The molecule has 0 bridgehead atoms. The van der Waals surface area contributed by atoms with E-state index in [9.17, 15) is 4.89 Å². The molecule has 6 aromatic rings. The quantitative estimate of drug-likeness (QED) is 0.155. The maximum atomic E-state index is 11.0. The molecule has 1 atom stereocenters. The van der Waals surface area contributed by atoms with Crippen molar-refractivity contribution in [2.24, 2.45) is 0 Å². The van der Waals surface area contributed by atoms with Gasteiger partial charge in [0.15, 0.2) is 8.15 Å². The van der Waals surface area contributed by atoms with Gasteiger partial charge in [-0.2, -0.15) is 0 Å². The average molecular weight is 673 g/mol. The van der Waals surface area contributed by atoms with E-state index in [1.54, 1.807) is 0 Å². The lowest BCUT2D eigenvalue weighted by molar-refractivity contribution is 0.380. The Hall–Kier alpha value is -4.46. The third kappa shape index (κ3) is 9.12. The largest absolute Gasteiger partial charge is 0.464 e. The maximum absolute atomic E-state index is 11.0. The molecule has 0 aliphatic rings. The SMILES string of the molecule is Cc1cc(C)c(OP(O)Oc2ccccc2C)c(-c2cc(C)cc(C)c2OP(c2ccccc2)c2ccccc2)c1.Cc1ccccc1. The van der Waals surface area contributed by atoms with E-state index < -0.39 is 16.8 Å². The van der Waals surface area contributed by atoms with E-state index in [1.807, 2.05) is 92.7 Å². The van der Waals surface area contributed by atoms with Crippen molar-refractivity contribution in [1.29, 1.82) is 0 Å². The van der Waals surface area contributed by atoms with Crippen LogP contribution in [-0.2, 0) is 0 Å². The summed E-state index contributed by atoms with van der Waals surface area (Å²) in [6.45, 7) is 12.3. The van der Waals surface area contributed by atoms with Crippen molar-refractivity contribution in [2.45, 2.75) is 41.5 Å². The second-order valence-electron chi connectivity index (χ2n) is 11.8. The molecule has 0 heterocycles. The first-order valence-corrected chi connectivity index (χ1v) is 18.3. The van der Waals surface area contributed by atoms with Crippen LogP contribution in [0.1, 0.15) is 33.4 Å². The molecule has 6 aromatic carbocycles. The average Bonchev–Trinajstić information content (AvgIpc) is 3.08. The first-order valence-electron chi connectivity index (χ1n) is 15.9. The van der Waals surface area contributed by atoms with Gasteiger partial charge in [-0.25, -0.2) is 0 Å². The molecule has 4 nitrogen and oxygen atoms in total. The molecule has 1 unspecified atom stereocenters. The summed E-state index contributed by atoms with van der Waals surface area (Å²) in [5, 5.41) is 2.25. The number of aryl methyl sites for hydroxylation is 6. The van der Waals surface area contributed by atoms with Crippen molar-refractivity contribution >= 4 is 27.4 Å². The van der Waals surface area contributed by atoms with Gasteiger partial charge in [-0.3, -0.25) is 0 Å². The second kappa shape index (κ2) is 16.6. The lowest BCUT2D eigenvalue weighted by atomic mass is 9.95. The van der Waals surface area contributed by atoms with E-state index >= 15 is 0 Å². The van der Waals surface area contributed by atoms with E-state index in [0.29, 0.717) is 11.5 Å². The number of para-hydroxylation sites is 1. The first kappa shape index (κ1) is 34.9. The Bertz CT molecular complexity index is 1890. The van der Waals surface area contributed by atoms with E-state index in [4.69, 9.17) is 13.6 Å². The molecule has 0 amide bonds. The highest BCUT2D eigenvalue weighted by Crippen LogP contribution is 2.49. The van der Waals surface area contributed by atoms with Gasteiger partial charge in [0.2, 0.25) is 0 Å². The van der Waals surface area contributed by atoms with E-state index in [-0.39, 0.29) is 0 Å². The van der Waals surface area contributed by atoms with Gasteiger partial charge in [-0.1, -0.05) is 127 Å². The molecule has 0 saturated heterocycles. The van der Waals surface area contributed by atoms with Crippen LogP contribution in [0.25, 0.3) is 11.1 Å². The third-order valence-corrected chi connectivity index (χ3v) is 10.3. The summed E-state index contributed by atoms with van der Waals surface area (Å²) in [4.78, 5) is 11.0. The van der Waals surface area contributed by atoms with Gasteiger partial charge in [0, 0.05) is 21.7 Å². The summed E-state index contributed by atoms with van der Waals surface area (Å²) in [6, 6.07) is 47.0. The fourth-order valence-electron chi connectivity index (χ4n) is 5.40. The van der Waals surface area contributed by atoms with Gasteiger partial charge < -0.3 is 18.5 Å². The standard InChI is InChI=1S/C35H34O4P2.C7H8/c1-24-20-27(4)34(38-40(29-15-8-6-9-16-29)30-17-10-7-11-18-30)31(22-24)32-23-25(2)21-28(5)35(32)39-41(36)37-33-19-13-12-14-26(33)3;1-7-5-3-2-4-6-7/h6-23,36H,1-5H3;2-6H,1H3. The molecular weight excluding hydrogens is 630 g/mol.